The fourth-order valence-electron chi connectivity index (χ4n) is 2.00. The molecule has 2 aromatic carbocycles. The molecule has 0 saturated carbocycles. The fourth-order valence-corrected chi connectivity index (χ4v) is 2.00. The highest BCUT2D eigenvalue weighted by molar-refractivity contribution is 5.67. The van der Waals surface area contributed by atoms with Crippen LogP contribution in [0.5, 0.6) is 0 Å². The Morgan fingerprint density at radius 3 is 2.17 bits per heavy atom. The Kier molecular flexibility index (Phi) is 6.28. The zero-order chi connectivity index (χ0) is 13.2. The molecule has 2 aromatic rings. The van der Waals surface area contributed by atoms with Gasteiger partial charge in [0.1, 0.15) is 0 Å². The summed E-state index contributed by atoms with van der Waals surface area (Å²) in [6.45, 7) is 5.74. The second kappa shape index (κ2) is 8.08. The SMILES string of the molecule is C#N.CCCCc1ccccc1-c1ccccc1. The topological polar surface area (TPSA) is 23.8 Å². The van der Waals surface area contributed by atoms with Gasteiger partial charge in [-0.2, -0.15) is 0 Å². The molecule has 0 unspecified atom stereocenters. The van der Waals surface area contributed by atoms with Crippen LogP contribution in [0.4, 0.5) is 0 Å². The summed E-state index contributed by atoms with van der Waals surface area (Å²) < 4.78 is 0. The van der Waals surface area contributed by atoms with E-state index in [0.29, 0.717) is 0 Å². The van der Waals surface area contributed by atoms with Gasteiger partial charge < -0.3 is 0 Å². The van der Waals surface area contributed by atoms with Crippen LogP contribution in [0.3, 0.4) is 0 Å². The molecule has 18 heavy (non-hydrogen) atoms. The van der Waals surface area contributed by atoms with Crippen molar-refractivity contribution in [1.82, 2.24) is 0 Å². The van der Waals surface area contributed by atoms with Crippen LogP contribution in [0.1, 0.15) is 25.3 Å². The van der Waals surface area contributed by atoms with Gasteiger partial charge in [-0.3, -0.25) is 0 Å². The summed E-state index contributed by atoms with van der Waals surface area (Å²) in [6.07, 6.45) is 3.70. The van der Waals surface area contributed by atoms with E-state index in [0.717, 1.165) is 0 Å². The van der Waals surface area contributed by atoms with Gasteiger partial charge in [0.05, 0.1) is 0 Å². The monoisotopic (exact) mass is 237 g/mol. The number of hydrogen-bond donors (Lipinski definition) is 0. The zero-order valence-corrected chi connectivity index (χ0v) is 10.8. The van der Waals surface area contributed by atoms with Gasteiger partial charge in [-0.25, -0.2) is 5.26 Å². The van der Waals surface area contributed by atoms with Crippen molar-refractivity contribution in [3.63, 3.8) is 0 Å². The maximum absolute atomic E-state index is 6.50. The Morgan fingerprint density at radius 2 is 1.50 bits per heavy atom. The third-order valence-electron chi connectivity index (χ3n) is 2.90. The molecule has 2 rings (SSSR count). The number of rotatable bonds is 4. The predicted octanol–water partition coefficient (Wildman–Crippen LogP) is 4.84. The highest BCUT2D eigenvalue weighted by Gasteiger charge is 2.02. The molecule has 0 amide bonds. The van der Waals surface area contributed by atoms with Gasteiger partial charge in [0, 0.05) is 6.57 Å². The highest BCUT2D eigenvalue weighted by atomic mass is 14.2. The van der Waals surface area contributed by atoms with Crippen molar-refractivity contribution >= 4 is 0 Å². The van der Waals surface area contributed by atoms with Crippen LogP contribution >= 0.6 is 0 Å². The lowest BCUT2D eigenvalue weighted by atomic mass is 9.96. The molecule has 1 nitrogen and oxygen atoms in total. The summed E-state index contributed by atoms with van der Waals surface area (Å²) in [5.74, 6) is 0. The van der Waals surface area contributed by atoms with E-state index in [9.17, 15) is 0 Å². The molecule has 0 atom stereocenters. The first-order valence-corrected chi connectivity index (χ1v) is 6.31. The summed E-state index contributed by atoms with van der Waals surface area (Å²) >= 11 is 0. The van der Waals surface area contributed by atoms with Crippen LogP contribution in [-0.4, -0.2) is 0 Å². The molecule has 1 heteroatoms. The summed E-state index contributed by atoms with van der Waals surface area (Å²) in [6, 6.07) is 19.4. The molecule has 0 fully saturated rings. The third-order valence-corrected chi connectivity index (χ3v) is 2.90. The van der Waals surface area contributed by atoms with Gasteiger partial charge >= 0.3 is 0 Å². The minimum Gasteiger partial charge on any atom is -0.202 e. The molecule has 0 bridgehead atoms. The van der Waals surface area contributed by atoms with Crippen LogP contribution in [0.15, 0.2) is 54.6 Å². The van der Waals surface area contributed by atoms with Gasteiger partial charge in [0.25, 0.3) is 0 Å². The second-order valence-corrected chi connectivity index (χ2v) is 4.13. The molecule has 0 aliphatic rings. The first kappa shape index (κ1) is 14.0. The Bertz CT molecular complexity index is 471. The van der Waals surface area contributed by atoms with Gasteiger partial charge in [-0.15, -0.1) is 0 Å². The van der Waals surface area contributed by atoms with Gasteiger partial charge in [0.15, 0.2) is 0 Å². The van der Waals surface area contributed by atoms with Gasteiger partial charge in [-0.05, 0) is 29.5 Å². The van der Waals surface area contributed by atoms with Crippen molar-refractivity contribution in [2.45, 2.75) is 26.2 Å². The lowest BCUT2D eigenvalue weighted by Crippen LogP contribution is -1.89. The summed E-state index contributed by atoms with van der Waals surface area (Å²) in [5, 5.41) is 6.50. The van der Waals surface area contributed by atoms with E-state index >= 15 is 0 Å². The molecule has 0 radical (unpaired) electrons. The van der Waals surface area contributed by atoms with Crippen LogP contribution in [0, 0.1) is 11.8 Å². The Labute approximate surface area is 110 Å². The van der Waals surface area contributed by atoms with Crippen LogP contribution in [0.25, 0.3) is 11.1 Å². The highest BCUT2D eigenvalue weighted by Crippen LogP contribution is 2.24. The minimum absolute atomic E-state index is 1.18. The molecule has 0 aliphatic carbocycles. The maximum Gasteiger partial charge on any atom is 0.0462 e. The molecule has 0 spiro atoms. The second-order valence-electron chi connectivity index (χ2n) is 4.13. The first-order chi connectivity index (χ1) is 8.92. The predicted molar refractivity (Wildman–Crippen MR) is 77.2 cm³/mol. The number of nitriles is 1. The zero-order valence-electron chi connectivity index (χ0n) is 10.8. The minimum atomic E-state index is 1.18. The standard InChI is InChI=1S/C16H18.CHN/c1-2-3-9-14-12-7-8-13-16(14)15-10-5-4-6-11-15;1-2/h4-8,10-13H,2-3,9H2,1H3;1H. The molecule has 0 aromatic heterocycles. The molecule has 0 heterocycles. The largest absolute Gasteiger partial charge is 0.202 e. The van der Waals surface area contributed by atoms with E-state index in [-0.39, 0.29) is 0 Å². The summed E-state index contributed by atoms with van der Waals surface area (Å²) in [7, 11) is 0. The lowest BCUT2D eigenvalue weighted by molar-refractivity contribution is 0.796. The first-order valence-electron chi connectivity index (χ1n) is 6.31. The Hall–Kier alpha value is -2.07. The van der Waals surface area contributed by atoms with Crippen molar-refractivity contribution in [2.24, 2.45) is 0 Å². The number of aryl methyl sites for hydroxylation is 1. The molecular weight excluding hydrogens is 218 g/mol. The third kappa shape index (κ3) is 3.75. The number of hydrogen-bond acceptors (Lipinski definition) is 1. The van der Waals surface area contributed by atoms with Gasteiger partial charge in [0.2, 0.25) is 0 Å². The molecule has 0 saturated heterocycles. The van der Waals surface area contributed by atoms with E-state index in [1.54, 1.807) is 0 Å². The maximum atomic E-state index is 6.50. The average Bonchev–Trinajstić information content (AvgIpc) is 2.48. The van der Waals surface area contributed by atoms with Crippen molar-refractivity contribution < 1.29 is 0 Å². The van der Waals surface area contributed by atoms with Crippen molar-refractivity contribution in [2.75, 3.05) is 0 Å². The van der Waals surface area contributed by atoms with E-state index in [4.69, 9.17) is 5.26 Å². The van der Waals surface area contributed by atoms with Gasteiger partial charge in [-0.1, -0.05) is 67.9 Å². The lowest BCUT2D eigenvalue weighted by Gasteiger charge is -2.08. The van der Waals surface area contributed by atoms with E-state index in [1.807, 2.05) is 0 Å². The molecule has 0 N–H and O–H groups in total. The van der Waals surface area contributed by atoms with Crippen LogP contribution < -0.4 is 0 Å². The summed E-state index contributed by atoms with van der Waals surface area (Å²) in [5.41, 5.74) is 4.18. The van der Waals surface area contributed by atoms with E-state index < -0.39 is 0 Å². The van der Waals surface area contributed by atoms with Crippen LogP contribution in [0.2, 0.25) is 0 Å². The van der Waals surface area contributed by atoms with Crippen molar-refractivity contribution in [3.8, 4) is 17.7 Å². The number of unbranched alkanes of at least 4 members (excludes halogenated alkanes) is 1. The normalized spacial score (nSPS) is 9.28. The van der Waals surface area contributed by atoms with E-state index in [2.05, 4.69) is 68.1 Å². The molecular formula is C17H19N. The van der Waals surface area contributed by atoms with E-state index in [1.165, 1.54) is 36.0 Å². The van der Waals surface area contributed by atoms with Crippen molar-refractivity contribution in [1.29, 1.82) is 5.26 Å². The molecule has 92 valence electrons. The average molecular weight is 237 g/mol. The molecule has 0 aliphatic heterocycles. The number of benzene rings is 2. The fraction of sp³-hybridized carbons (Fsp3) is 0.235. The van der Waals surface area contributed by atoms with Crippen molar-refractivity contribution in [3.05, 3.63) is 60.2 Å². The van der Waals surface area contributed by atoms with Crippen LogP contribution in [-0.2, 0) is 6.42 Å². The Balaban J connectivity index is 0.000000771. The smallest absolute Gasteiger partial charge is 0.0462 e. The Morgan fingerprint density at radius 1 is 0.889 bits per heavy atom. The summed E-state index contributed by atoms with van der Waals surface area (Å²) in [4.78, 5) is 0. The number of nitrogens with zero attached hydrogens (tertiary/aromatic N) is 1. The quantitative estimate of drug-likeness (QED) is 0.746.